The van der Waals surface area contributed by atoms with Gasteiger partial charge in [0.2, 0.25) is 21.8 Å². The predicted molar refractivity (Wildman–Crippen MR) is 115 cm³/mol. The van der Waals surface area contributed by atoms with Gasteiger partial charge in [-0.05, 0) is 67.7 Å². The second-order valence-corrected chi connectivity index (χ2v) is 10.6. The van der Waals surface area contributed by atoms with E-state index in [1.165, 1.54) is 5.56 Å². The van der Waals surface area contributed by atoms with E-state index in [0.717, 1.165) is 44.1 Å². The summed E-state index contributed by atoms with van der Waals surface area (Å²) in [4.78, 5) is 17.2. The van der Waals surface area contributed by atoms with Crippen LogP contribution in [0.1, 0.15) is 80.8 Å². The molecule has 1 heterocycles. The van der Waals surface area contributed by atoms with Crippen molar-refractivity contribution in [3.8, 4) is 0 Å². The van der Waals surface area contributed by atoms with Crippen LogP contribution in [-0.2, 0) is 27.7 Å². The van der Waals surface area contributed by atoms with E-state index in [1.807, 2.05) is 19.9 Å². The number of benzene rings is 1. The standard InChI is InChI=1S/C22H30N4O4S/c1-14(2)20(22-25-21(26-30-22)16-7-8-16)24-19(27)11-12-23-31(28,29)18-10-9-15-5-3-4-6-17(15)13-18/h9-10,13-14,16,20,23H,3-8,11-12H2,1-2H3,(H,24,27). The highest BCUT2D eigenvalue weighted by molar-refractivity contribution is 7.89. The number of nitrogens with zero attached hydrogens (tertiary/aromatic N) is 2. The summed E-state index contributed by atoms with van der Waals surface area (Å²) >= 11 is 0. The van der Waals surface area contributed by atoms with E-state index in [9.17, 15) is 13.2 Å². The Bertz CT molecular complexity index is 1040. The highest BCUT2D eigenvalue weighted by Crippen LogP contribution is 2.38. The Balaban J connectivity index is 1.32. The molecule has 8 nitrogen and oxygen atoms in total. The Morgan fingerprint density at radius 1 is 1.19 bits per heavy atom. The third kappa shape index (κ3) is 5.33. The molecular weight excluding hydrogens is 416 g/mol. The van der Waals surface area contributed by atoms with Gasteiger partial charge in [-0.3, -0.25) is 4.79 Å². The number of amides is 1. The highest BCUT2D eigenvalue weighted by atomic mass is 32.2. The first kappa shape index (κ1) is 22.0. The van der Waals surface area contributed by atoms with E-state index in [2.05, 4.69) is 20.2 Å². The number of carbonyl (C=O) groups is 1. The lowest BCUT2D eigenvalue weighted by atomic mass is 9.92. The molecule has 1 saturated carbocycles. The third-order valence-corrected chi connectivity index (χ3v) is 7.38. The van der Waals surface area contributed by atoms with Gasteiger partial charge in [0, 0.05) is 18.9 Å². The highest BCUT2D eigenvalue weighted by Gasteiger charge is 2.31. The van der Waals surface area contributed by atoms with Crippen molar-refractivity contribution in [2.24, 2.45) is 5.92 Å². The van der Waals surface area contributed by atoms with Crippen LogP contribution < -0.4 is 10.0 Å². The summed E-state index contributed by atoms with van der Waals surface area (Å²) in [5.41, 5.74) is 2.34. The van der Waals surface area contributed by atoms with Gasteiger partial charge in [-0.15, -0.1) is 0 Å². The fourth-order valence-electron chi connectivity index (χ4n) is 3.90. The fourth-order valence-corrected chi connectivity index (χ4v) is 4.98. The SMILES string of the molecule is CC(C)C(NC(=O)CCNS(=O)(=O)c1ccc2c(c1)CCCC2)c1nc(C2CC2)no1. The molecule has 1 aromatic carbocycles. The minimum atomic E-state index is -3.66. The van der Waals surface area contributed by atoms with Crippen LogP contribution >= 0.6 is 0 Å². The van der Waals surface area contributed by atoms with Crippen molar-refractivity contribution in [3.05, 3.63) is 41.0 Å². The molecule has 0 aliphatic heterocycles. The van der Waals surface area contributed by atoms with Gasteiger partial charge >= 0.3 is 0 Å². The maximum atomic E-state index is 12.6. The van der Waals surface area contributed by atoms with Crippen LogP contribution in [0.5, 0.6) is 0 Å². The third-order valence-electron chi connectivity index (χ3n) is 5.92. The zero-order chi connectivity index (χ0) is 22.0. The Morgan fingerprint density at radius 3 is 2.65 bits per heavy atom. The van der Waals surface area contributed by atoms with Crippen LogP contribution in [0.25, 0.3) is 0 Å². The maximum absolute atomic E-state index is 12.6. The lowest BCUT2D eigenvalue weighted by Crippen LogP contribution is -2.35. The topological polar surface area (TPSA) is 114 Å². The van der Waals surface area contributed by atoms with Gasteiger partial charge in [-0.1, -0.05) is 25.1 Å². The summed E-state index contributed by atoms with van der Waals surface area (Å²) in [6.45, 7) is 3.95. The number of carbonyl (C=O) groups excluding carboxylic acids is 1. The molecule has 1 atom stereocenters. The first-order valence-corrected chi connectivity index (χ1v) is 12.6. The molecule has 2 aliphatic rings. The first-order chi connectivity index (χ1) is 14.8. The molecule has 0 spiro atoms. The Morgan fingerprint density at radius 2 is 1.94 bits per heavy atom. The van der Waals surface area contributed by atoms with E-state index in [0.29, 0.717) is 17.6 Å². The number of hydrogen-bond acceptors (Lipinski definition) is 6. The summed E-state index contributed by atoms with van der Waals surface area (Å²) in [7, 11) is -3.66. The van der Waals surface area contributed by atoms with E-state index in [1.54, 1.807) is 12.1 Å². The van der Waals surface area contributed by atoms with Crippen LogP contribution in [0.4, 0.5) is 0 Å². The number of fused-ring (bicyclic) bond motifs is 1. The van der Waals surface area contributed by atoms with E-state index in [-0.39, 0.29) is 29.7 Å². The molecule has 0 saturated heterocycles. The van der Waals surface area contributed by atoms with Crippen LogP contribution in [0.15, 0.2) is 27.6 Å². The van der Waals surface area contributed by atoms with Crippen LogP contribution in [0.3, 0.4) is 0 Å². The lowest BCUT2D eigenvalue weighted by molar-refractivity contribution is -0.122. The molecule has 31 heavy (non-hydrogen) atoms. The van der Waals surface area contributed by atoms with E-state index < -0.39 is 16.1 Å². The molecule has 0 radical (unpaired) electrons. The summed E-state index contributed by atoms with van der Waals surface area (Å²) in [5.74, 6) is 1.27. The summed E-state index contributed by atoms with van der Waals surface area (Å²) in [6.07, 6.45) is 6.32. The molecule has 2 aliphatic carbocycles. The van der Waals surface area contributed by atoms with Gasteiger partial charge in [0.1, 0.15) is 6.04 Å². The molecule has 4 rings (SSSR count). The molecule has 0 bridgehead atoms. The van der Waals surface area contributed by atoms with Gasteiger partial charge in [0.15, 0.2) is 5.82 Å². The Kier molecular flexibility index (Phi) is 6.43. The Hall–Kier alpha value is -2.26. The Labute approximate surface area is 183 Å². The van der Waals surface area contributed by atoms with Crippen molar-refractivity contribution < 1.29 is 17.7 Å². The van der Waals surface area contributed by atoms with Crippen molar-refractivity contribution in [2.45, 2.75) is 75.6 Å². The molecular formula is C22H30N4O4S. The zero-order valence-electron chi connectivity index (χ0n) is 18.1. The van der Waals surface area contributed by atoms with Gasteiger partial charge < -0.3 is 9.84 Å². The zero-order valence-corrected chi connectivity index (χ0v) is 18.9. The van der Waals surface area contributed by atoms with E-state index >= 15 is 0 Å². The van der Waals surface area contributed by atoms with Gasteiger partial charge in [-0.2, -0.15) is 4.98 Å². The minimum absolute atomic E-state index is 0.0211. The number of hydrogen-bond donors (Lipinski definition) is 2. The monoisotopic (exact) mass is 446 g/mol. The summed E-state index contributed by atoms with van der Waals surface area (Å²) in [6, 6.07) is 4.92. The summed E-state index contributed by atoms with van der Waals surface area (Å²) in [5, 5.41) is 6.92. The quantitative estimate of drug-likeness (QED) is 0.612. The summed E-state index contributed by atoms with van der Waals surface area (Å²) < 4.78 is 33.2. The van der Waals surface area contributed by atoms with Crippen LogP contribution in [-0.4, -0.2) is 31.0 Å². The molecule has 1 aromatic heterocycles. The smallest absolute Gasteiger partial charge is 0.249 e. The molecule has 1 unspecified atom stereocenters. The van der Waals surface area contributed by atoms with Crippen molar-refractivity contribution in [2.75, 3.05) is 6.54 Å². The van der Waals surface area contributed by atoms with Crippen molar-refractivity contribution in [1.29, 1.82) is 0 Å². The number of nitrogens with one attached hydrogen (secondary N) is 2. The first-order valence-electron chi connectivity index (χ1n) is 11.1. The van der Waals surface area contributed by atoms with Crippen molar-refractivity contribution in [3.63, 3.8) is 0 Å². The number of sulfonamides is 1. The molecule has 2 N–H and O–H groups in total. The molecule has 2 aromatic rings. The lowest BCUT2D eigenvalue weighted by Gasteiger charge is -2.19. The van der Waals surface area contributed by atoms with Crippen molar-refractivity contribution >= 4 is 15.9 Å². The molecule has 9 heteroatoms. The number of aryl methyl sites for hydroxylation is 2. The average molecular weight is 447 g/mol. The van der Waals surface area contributed by atoms with Crippen LogP contribution in [0, 0.1) is 5.92 Å². The maximum Gasteiger partial charge on any atom is 0.249 e. The van der Waals surface area contributed by atoms with Gasteiger partial charge in [0.05, 0.1) is 4.90 Å². The van der Waals surface area contributed by atoms with Gasteiger partial charge in [0.25, 0.3) is 0 Å². The van der Waals surface area contributed by atoms with Crippen molar-refractivity contribution in [1.82, 2.24) is 20.2 Å². The predicted octanol–water partition coefficient (Wildman–Crippen LogP) is 3.01. The molecule has 168 valence electrons. The number of rotatable bonds is 9. The number of aromatic nitrogens is 2. The normalized spacial score (nSPS) is 17.4. The fraction of sp³-hybridized carbons (Fsp3) is 0.591. The van der Waals surface area contributed by atoms with Gasteiger partial charge in [-0.25, -0.2) is 13.1 Å². The molecule has 1 fully saturated rings. The second kappa shape index (κ2) is 9.08. The average Bonchev–Trinajstić information content (AvgIpc) is 3.48. The minimum Gasteiger partial charge on any atom is -0.344 e. The largest absolute Gasteiger partial charge is 0.344 e. The van der Waals surface area contributed by atoms with Crippen LogP contribution in [0.2, 0.25) is 0 Å². The van der Waals surface area contributed by atoms with E-state index in [4.69, 9.17) is 4.52 Å². The second-order valence-electron chi connectivity index (χ2n) is 8.84. The molecule has 1 amide bonds.